The number of rotatable bonds is 3. The lowest BCUT2D eigenvalue weighted by Gasteiger charge is -1.99. The fourth-order valence-corrected chi connectivity index (χ4v) is 2.88. The number of aryl methyl sites for hydroxylation is 1. The average Bonchev–Trinajstić information content (AvgIpc) is 3.06. The van der Waals surface area contributed by atoms with E-state index in [1.54, 1.807) is 13.2 Å². The zero-order valence-electron chi connectivity index (χ0n) is 10.5. The monoisotopic (exact) mass is 276 g/mol. The molecule has 0 N–H and O–H groups in total. The van der Waals surface area contributed by atoms with E-state index in [0.717, 1.165) is 16.3 Å². The fraction of sp³-hybridized carbons (Fsp3) is 0.231. The van der Waals surface area contributed by atoms with Gasteiger partial charge in [-0.25, -0.2) is 9.78 Å². The van der Waals surface area contributed by atoms with Crippen molar-refractivity contribution < 1.29 is 13.9 Å². The van der Waals surface area contributed by atoms with Crippen LogP contribution >= 0.6 is 11.3 Å². The van der Waals surface area contributed by atoms with Crippen molar-refractivity contribution in [2.24, 2.45) is 0 Å². The maximum absolute atomic E-state index is 11.8. The first kappa shape index (κ1) is 12.0. The lowest BCUT2D eigenvalue weighted by molar-refractivity contribution is 0.0531. The van der Waals surface area contributed by atoms with Crippen LogP contribution in [0.2, 0.25) is 0 Å². The summed E-state index contributed by atoms with van der Waals surface area (Å²) in [6, 6.07) is 3.67. The molecule has 0 spiro atoms. The molecular weight excluding hydrogens is 264 g/mol. The standard InChI is InChI=1S/C13H12N2O3S/c1-3-17-12(16)11-8(2)15-7-9(14-13(15)19-11)10-5-4-6-18-10/h4-7H,3H2,1-2H3. The van der Waals surface area contributed by atoms with Gasteiger partial charge in [0.25, 0.3) is 0 Å². The molecule has 0 bridgehead atoms. The third kappa shape index (κ3) is 1.94. The third-order valence-corrected chi connectivity index (χ3v) is 3.93. The van der Waals surface area contributed by atoms with Gasteiger partial charge in [-0.2, -0.15) is 0 Å². The molecule has 19 heavy (non-hydrogen) atoms. The van der Waals surface area contributed by atoms with E-state index in [-0.39, 0.29) is 5.97 Å². The van der Waals surface area contributed by atoms with Crippen molar-refractivity contribution in [3.8, 4) is 11.5 Å². The summed E-state index contributed by atoms with van der Waals surface area (Å²) in [6.45, 7) is 4.04. The predicted octanol–water partition coefficient (Wildman–Crippen LogP) is 3.14. The normalized spacial score (nSPS) is 11.1. The Labute approximate surface area is 113 Å². The number of hydrogen-bond acceptors (Lipinski definition) is 5. The Morgan fingerprint density at radius 3 is 3.05 bits per heavy atom. The lowest BCUT2D eigenvalue weighted by Crippen LogP contribution is -2.04. The maximum Gasteiger partial charge on any atom is 0.350 e. The molecule has 0 aromatic carbocycles. The van der Waals surface area contributed by atoms with Crippen molar-refractivity contribution in [3.63, 3.8) is 0 Å². The van der Waals surface area contributed by atoms with E-state index in [1.807, 2.05) is 29.7 Å². The Hall–Kier alpha value is -2.08. The molecule has 3 rings (SSSR count). The second-order valence-electron chi connectivity index (χ2n) is 3.99. The van der Waals surface area contributed by atoms with Gasteiger partial charge in [0.15, 0.2) is 10.7 Å². The van der Waals surface area contributed by atoms with Crippen LogP contribution in [0.5, 0.6) is 0 Å². The molecule has 0 saturated carbocycles. The highest BCUT2D eigenvalue weighted by Gasteiger charge is 2.19. The van der Waals surface area contributed by atoms with Crippen LogP contribution in [0.3, 0.4) is 0 Å². The Balaban J connectivity index is 2.05. The highest BCUT2D eigenvalue weighted by molar-refractivity contribution is 7.19. The average molecular weight is 276 g/mol. The molecule has 0 aliphatic rings. The molecule has 0 fully saturated rings. The third-order valence-electron chi connectivity index (χ3n) is 2.79. The number of nitrogens with zero attached hydrogens (tertiary/aromatic N) is 2. The minimum Gasteiger partial charge on any atom is -0.463 e. The molecule has 0 amide bonds. The molecule has 98 valence electrons. The molecule has 0 unspecified atom stereocenters. The number of furan rings is 1. The smallest absolute Gasteiger partial charge is 0.350 e. The molecule has 0 radical (unpaired) electrons. The van der Waals surface area contributed by atoms with Gasteiger partial charge in [0, 0.05) is 11.9 Å². The summed E-state index contributed by atoms with van der Waals surface area (Å²) in [4.78, 5) is 17.6. The van der Waals surface area contributed by atoms with E-state index in [0.29, 0.717) is 17.2 Å². The second kappa shape index (κ2) is 4.55. The van der Waals surface area contributed by atoms with Crippen molar-refractivity contribution in [3.05, 3.63) is 35.2 Å². The number of thiazole rings is 1. The summed E-state index contributed by atoms with van der Waals surface area (Å²) in [5.41, 5.74) is 1.60. The molecule has 0 aliphatic heterocycles. The van der Waals surface area contributed by atoms with Crippen molar-refractivity contribution >= 4 is 22.3 Å². The van der Waals surface area contributed by atoms with E-state index in [9.17, 15) is 4.79 Å². The lowest BCUT2D eigenvalue weighted by atomic mass is 10.3. The van der Waals surface area contributed by atoms with Crippen LogP contribution in [-0.4, -0.2) is 22.0 Å². The minimum absolute atomic E-state index is 0.296. The Kier molecular flexibility index (Phi) is 2.87. The zero-order valence-corrected chi connectivity index (χ0v) is 11.4. The number of ether oxygens (including phenoxy) is 1. The number of carbonyl (C=O) groups is 1. The van der Waals surface area contributed by atoms with Gasteiger partial charge < -0.3 is 9.15 Å². The van der Waals surface area contributed by atoms with Gasteiger partial charge >= 0.3 is 5.97 Å². The van der Waals surface area contributed by atoms with Crippen molar-refractivity contribution in [2.45, 2.75) is 13.8 Å². The van der Waals surface area contributed by atoms with Gasteiger partial charge in [-0.3, -0.25) is 4.40 Å². The summed E-state index contributed by atoms with van der Waals surface area (Å²) in [7, 11) is 0. The van der Waals surface area contributed by atoms with E-state index in [4.69, 9.17) is 9.15 Å². The first-order chi connectivity index (χ1) is 9.20. The van der Waals surface area contributed by atoms with Crippen molar-refractivity contribution in [1.29, 1.82) is 0 Å². The molecule has 6 heteroatoms. The first-order valence-electron chi connectivity index (χ1n) is 5.90. The van der Waals surface area contributed by atoms with Crippen LogP contribution in [0.4, 0.5) is 0 Å². The summed E-state index contributed by atoms with van der Waals surface area (Å²) >= 11 is 1.33. The van der Waals surface area contributed by atoms with Crippen LogP contribution in [0.25, 0.3) is 16.4 Å². The van der Waals surface area contributed by atoms with Gasteiger partial charge in [0.2, 0.25) is 0 Å². The van der Waals surface area contributed by atoms with E-state index < -0.39 is 0 Å². The van der Waals surface area contributed by atoms with E-state index >= 15 is 0 Å². The van der Waals surface area contributed by atoms with E-state index in [1.165, 1.54) is 11.3 Å². The van der Waals surface area contributed by atoms with Crippen LogP contribution in [0, 0.1) is 6.92 Å². The molecule has 3 heterocycles. The van der Waals surface area contributed by atoms with Crippen LogP contribution < -0.4 is 0 Å². The highest BCUT2D eigenvalue weighted by Crippen LogP contribution is 2.27. The molecule has 5 nitrogen and oxygen atoms in total. The SMILES string of the molecule is CCOC(=O)c1sc2nc(-c3ccco3)cn2c1C. The largest absolute Gasteiger partial charge is 0.463 e. The highest BCUT2D eigenvalue weighted by atomic mass is 32.1. The minimum atomic E-state index is -0.296. The molecule has 3 aromatic heterocycles. The molecular formula is C13H12N2O3S. The molecule has 3 aromatic rings. The van der Waals surface area contributed by atoms with Crippen molar-refractivity contribution in [1.82, 2.24) is 9.38 Å². The predicted molar refractivity (Wildman–Crippen MR) is 71.5 cm³/mol. The van der Waals surface area contributed by atoms with Gasteiger partial charge in [-0.1, -0.05) is 11.3 Å². The number of hydrogen-bond donors (Lipinski definition) is 0. The number of aromatic nitrogens is 2. The van der Waals surface area contributed by atoms with Crippen molar-refractivity contribution in [2.75, 3.05) is 6.61 Å². The van der Waals surface area contributed by atoms with E-state index in [2.05, 4.69) is 4.98 Å². The topological polar surface area (TPSA) is 56.7 Å². The number of fused-ring (bicyclic) bond motifs is 1. The number of imidazole rings is 1. The Morgan fingerprint density at radius 2 is 2.42 bits per heavy atom. The number of esters is 1. The summed E-state index contributed by atoms with van der Waals surface area (Å²) in [6.07, 6.45) is 3.47. The summed E-state index contributed by atoms with van der Waals surface area (Å²) < 4.78 is 12.2. The summed E-state index contributed by atoms with van der Waals surface area (Å²) in [5, 5.41) is 0. The molecule has 0 atom stereocenters. The van der Waals surface area contributed by atoms with Crippen LogP contribution in [-0.2, 0) is 4.74 Å². The van der Waals surface area contributed by atoms with Crippen LogP contribution in [0.1, 0.15) is 22.3 Å². The van der Waals surface area contributed by atoms with Gasteiger partial charge in [0.1, 0.15) is 10.6 Å². The molecule has 0 aliphatic carbocycles. The van der Waals surface area contributed by atoms with Gasteiger partial charge in [-0.05, 0) is 26.0 Å². The van der Waals surface area contributed by atoms with Gasteiger partial charge in [-0.15, -0.1) is 0 Å². The second-order valence-corrected chi connectivity index (χ2v) is 4.97. The maximum atomic E-state index is 11.8. The Bertz CT molecular complexity index is 725. The summed E-state index contributed by atoms with van der Waals surface area (Å²) in [5.74, 6) is 0.419. The van der Waals surface area contributed by atoms with Crippen LogP contribution in [0.15, 0.2) is 29.0 Å². The quantitative estimate of drug-likeness (QED) is 0.690. The molecule has 0 saturated heterocycles. The Morgan fingerprint density at radius 1 is 1.58 bits per heavy atom. The number of carbonyl (C=O) groups excluding carboxylic acids is 1. The fourth-order valence-electron chi connectivity index (χ4n) is 1.88. The van der Waals surface area contributed by atoms with Gasteiger partial charge in [0.05, 0.1) is 12.9 Å². The zero-order chi connectivity index (χ0) is 13.4. The first-order valence-corrected chi connectivity index (χ1v) is 6.72.